The second kappa shape index (κ2) is 8.64. The number of anilines is 1. The van der Waals surface area contributed by atoms with Gasteiger partial charge in [-0.1, -0.05) is 0 Å². The summed E-state index contributed by atoms with van der Waals surface area (Å²) in [6.45, 7) is 5.21. The molecule has 0 aromatic carbocycles. The van der Waals surface area contributed by atoms with Crippen LogP contribution in [0.3, 0.4) is 0 Å². The number of aromatic nitrogens is 3. The Morgan fingerprint density at radius 1 is 1.39 bits per heavy atom. The first-order valence-corrected chi connectivity index (χ1v) is 9.10. The van der Waals surface area contributed by atoms with Gasteiger partial charge in [0, 0.05) is 38.0 Å². The van der Waals surface area contributed by atoms with Crippen LogP contribution in [0.5, 0.6) is 5.75 Å². The van der Waals surface area contributed by atoms with Crippen molar-refractivity contribution in [3.05, 3.63) is 41.8 Å². The second-order valence-electron chi connectivity index (χ2n) is 6.62. The third kappa shape index (κ3) is 4.36. The Hall–Kier alpha value is -3.23. The van der Waals surface area contributed by atoms with E-state index in [0.717, 1.165) is 16.6 Å². The molecule has 148 valence electrons. The van der Waals surface area contributed by atoms with Crippen molar-refractivity contribution in [1.82, 2.24) is 14.9 Å². The van der Waals surface area contributed by atoms with Gasteiger partial charge in [0.25, 0.3) is 0 Å². The lowest BCUT2D eigenvalue weighted by Gasteiger charge is -2.18. The minimum Gasteiger partial charge on any atom is -0.494 e. The van der Waals surface area contributed by atoms with E-state index in [4.69, 9.17) is 9.47 Å². The van der Waals surface area contributed by atoms with E-state index in [0.29, 0.717) is 31.2 Å². The van der Waals surface area contributed by atoms with Gasteiger partial charge in [-0.25, -0.2) is 4.79 Å². The lowest BCUT2D eigenvalue weighted by atomic mass is 10.1. The van der Waals surface area contributed by atoms with Gasteiger partial charge in [0.2, 0.25) is 5.82 Å². The Labute approximate surface area is 163 Å². The molecule has 0 saturated heterocycles. The Kier molecular flexibility index (Phi) is 6.03. The van der Waals surface area contributed by atoms with E-state index in [9.17, 15) is 4.79 Å². The van der Waals surface area contributed by atoms with Crippen LogP contribution in [0.25, 0.3) is 5.57 Å². The van der Waals surface area contributed by atoms with Crippen LogP contribution < -0.4 is 19.9 Å². The maximum Gasteiger partial charge on any atom is 0.409 e. The van der Waals surface area contributed by atoms with Crippen molar-refractivity contribution < 1.29 is 18.6 Å². The number of hydrogen-bond acceptors (Lipinski definition) is 7. The number of rotatable bonds is 7. The van der Waals surface area contributed by atoms with Gasteiger partial charge in [-0.3, -0.25) is 4.98 Å². The predicted molar refractivity (Wildman–Crippen MR) is 103 cm³/mol. The highest BCUT2D eigenvalue weighted by atomic mass is 16.6. The molecule has 3 heterocycles. The molecule has 0 spiro atoms. The average Bonchev–Trinajstić information content (AvgIpc) is 3.10. The number of methoxy groups -OCH3 is 1. The molecule has 9 heteroatoms. The maximum absolute atomic E-state index is 11.8. The molecule has 9 nitrogen and oxygen atoms in total. The van der Waals surface area contributed by atoms with Crippen LogP contribution in [0.1, 0.15) is 19.4 Å². The molecule has 0 aliphatic carbocycles. The van der Waals surface area contributed by atoms with E-state index in [2.05, 4.69) is 20.4 Å². The fraction of sp³-hybridized carbons (Fsp3) is 0.421. The summed E-state index contributed by atoms with van der Waals surface area (Å²) >= 11 is 0. The quantitative estimate of drug-likeness (QED) is 0.712. The number of pyridine rings is 1. The van der Waals surface area contributed by atoms with Gasteiger partial charge in [-0.2, -0.15) is 0 Å². The number of likely N-dealkylation sites (N-methyl/N-ethyl adjacent to an activating group) is 1. The van der Waals surface area contributed by atoms with E-state index in [1.165, 1.54) is 4.90 Å². The fourth-order valence-electron chi connectivity index (χ4n) is 2.78. The molecule has 28 heavy (non-hydrogen) atoms. The highest BCUT2D eigenvalue weighted by molar-refractivity contribution is 5.69. The van der Waals surface area contributed by atoms with Gasteiger partial charge in [0.05, 0.1) is 25.0 Å². The number of nitrogens with one attached hydrogen (secondary N) is 1. The zero-order chi connectivity index (χ0) is 20.1. The molecule has 1 aliphatic rings. The first-order chi connectivity index (χ1) is 13.5. The van der Waals surface area contributed by atoms with E-state index >= 15 is 0 Å². The average molecular weight is 385 g/mol. The number of nitrogens with zero attached hydrogens (tertiary/aromatic N) is 5. The molecule has 0 radical (unpaired) electrons. The summed E-state index contributed by atoms with van der Waals surface area (Å²) in [4.78, 5) is 22.2. The number of carbonyl (C=O) groups is 1. The summed E-state index contributed by atoms with van der Waals surface area (Å²) in [7, 11) is 3.33. The van der Waals surface area contributed by atoms with Crippen molar-refractivity contribution in [3.8, 4) is 5.75 Å². The molecule has 0 bridgehead atoms. The van der Waals surface area contributed by atoms with Crippen LogP contribution in [0.15, 0.2) is 35.8 Å². The first-order valence-electron chi connectivity index (χ1n) is 9.10. The molecule has 0 atom stereocenters. The molecule has 0 unspecified atom stereocenters. The lowest BCUT2D eigenvalue weighted by Crippen LogP contribution is -2.38. The molecule has 0 saturated carbocycles. The van der Waals surface area contributed by atoms with Crippen LogP contribution in [-0.2, 0) is 4.74 Å². The largest absolute Gasteiger partial charge is 0.494 e. The zero-order valence-electron chi connectivity index (χ0n) is 16.5. The molecule has 3 rings (SSSR count). The lowest BCUT2D eigenvalue weighted by molar-refractivity contribution is -0.561. The molecule has 2 aromatic rings. The summed E-state index contributed by atoms with van der Waals surface area (Å²) in [6.07, 6.45) is 4.79. The summed E-state index contributed by atoms with van der Waals surface area (Å²) in [6, 6.07) is 3.75. The zero-order valence-corrected chi connectivity index (χ0v) is 16.5. The van der Waals surface area contributed by atoms with Gasteiger partial charge >= 0.3 is 11.6 Å². The summed E-state index contributed by atoms with van der Waals surface area (Å²) in [5.74, 6) is 1.39. The summed E-state index contributed by atoms with van der Waals surface area (Å²) < 4.78 is 12.3. The highest BCUT2D eigenvalue weighted by Crippen LogP contribution is 2.23. The van der Waals surface area contributed by atoms with Gasteiger partial charge < -0.3 is 19.7 Å². The molecular formula is C19H25N6O3+. The monoisotopic (exact) mass is 385 g/mol. The normalized spacial score (nSPS) is 12.4. The molecule has 2 aromatic heterocycles. The fourth-order valence-corrected chi connectivity index (χ4v) is 2.78. The number of ether oxygens (including phenoxy) is 2. The number of hydrogen-bond donors (Lipinski definition) is 1. The Bertz CT molecular complexity index is 976. The summed E-state index contributed by atoms with van der Waals surface area (Å²) in [5.41, 5.74) is 2.65. The van der Waals surface area contributed by atoms with Crippen LogP contribution in [-0.4, -0.2) is 60.9 Å². The van der Waals surface area contributed by atoms with Crippen molar-refractivity contribution in [3.63, 3.8) is 0 Å². The van der Waals surface area contributed by atoms with Gasteiger partial charge in [-0.05, 0) is 24.9 Å². The van der Waals surface area contributed by atoms with Crippen LogP contribution in [0, 0.1) is 0 Å². The Balaban J connectivity index is 1.75. The van der Waals surface area contributed by atoms with Gasteiger partial charge in [-0.15, -0.1) is 9.48 Å². The smallest absolute Gasteiger partial charge is 0.409 e. The highest BCUT2D eigenvalue weighted by Gasteiger charge is 2.21. The van der Waals surface area contributed by atoms with Crippen molar-refractivity contribution in [2.75, 3.05) is 39.1 Å². The topological polar surface area (TPSA) is 94.8 Å². The number of amides is 1. The van der Waals surface area contributed by atoms with Crippen molar-refractivity contribution in [2.24, 2.45) is 5.11 Å². The first kappa shape index (κ1) is 19.5. The van der Waals surface area contributed by atoms with E-state index in [-0.39, 0.29) is 12.2 Å². The van der Waals surface area contributed by atoms with Crippen LogP contribution in [0.4, 0.5) is 10.6 Å². The molecular weight excluding hydrogens is 360 g/mol. The second-order valence-corrected chi connectivity index (χ2v) is 6.62. The van der Waals surface area contributed by atoms with Gasteiger partial charge in [0.15, 0.2) is 0 Å². The van der Waals surface area contributed by atoms with Crippen LogP contribution in [0.2, 0.25) is 0 Å². The Morgan fingerprint density at radius 3 is 2.96 bits per heavy atom. The molecule has 1 amide bonds. The van der Waals surface area contributed by atoms with Crippen LogP contribution >= 0.6 is 0 Å². The Morgan fingerprint density at radius 2 is 2.21 bits per heavy atom. The molecule has 1 aliphatic heterocycles. The SMILES string of the molecule is COc1cnccc1C1=c2nc(NCCN(C)C(=O)OC(C)C)cc[n+]2=NC1. The maximum atomic E-state index is 11.8. The minimum atomic E-state index is -0.339. The van der Waals surface area contributed by atoms with Crippen molar-refractivity contribution in [2.45, 2.75) is 20.0 Å². The minimum absolute atomic E-state index is 0.138. The number of fused-ring (bicyclic) bond motifs is 1. The van der Waals surface area contributed by atoms with Gasteiger partial charge in [0.1, 0.15) is 18.5 Å². The molecule has 0 fully saturated rings. The van der Waals surface area contributed by atoms with Crippen molar-refractivity contribution >= 4 is 17.5 Å². The van der Waals surface area contributed by atoms with E-state index in [1.54, 1.807) is 30.9 Å². The predicted octanol–water partition coefficient (Wildman–Crippen LogP) is 0.906. The van der Waals surface area contributed by atoms with E-state index < -0.39 is 0 Å². The van der Waals surface area contributed by atoms with Crippen molar-refractivity contribution in [1.29, 1.82) is 0 Å². The third-order valence-electron chi connectivity index (χ3n) is 4.20. The molecule has 1 N–H and O–H groups in total. The standard InChI is InChI=1S/C19H25N6O3/c1-13(2)28-19(26)24(3)10-8-21-17-6-9-25-18(23-17)15(11-22-25)14-5-7-20-12-16(14)27-4/h5-7,9,12-13H,8,10-11H2,1-4H3,(H,21,23)/q+1. The number of carbonyl (C=O) groups excluding carboxylic acids is 1. The summed E-state index contributed by atoms with van der Waals surface area (Å²) in [5, 5.41) is 7.72. The van der Waals surface area contributed by atoms with E-state index in [1.807, 2.05) is 32.2 Å². The third-order valence-corrected chi connectivity index (χ3v) is 4.20.